The summed E-state index contributed by atoms with van der Waals surface area (Å²) in [6.07, 6.45) is 1.01. The molecule has 2 aliphatic heterocycles. The van der Waals surface area contributed by atoms with E-state index in [4.69, 9.17) is 0 Å². The van der Waals surface area contributed by atoms with Crippen molar-refractivity contribution in [3.05, 3.63) is 65.2 Å². The molecule has 2 aromatic rings. The van der Waals surface area contributed by atoms with Crippen LogP contribution in [-0.2, 0) is 10.0 Å². The van der Waals surface area contributed by atoms with Gasteiger partial charge in [0.15, 0.2) is 0 Å². The smallest absolute Gasteiger partial charge is 0.243 e. The van der Waals surface area contributed by atoms with Gasteiger partial charge in [0.1, 0.15) is 6.10 Å². The third-order valence-corrected chi connectivity index (χ3v) is 8.54. The van der Waals surface area contributed by atoms with Crippen LogP contribution in [0.4, 0.5) is 0 Å². The SMILES string of the molecule is Cc1cccc(S(=O)(=O)N2CCCCN3[C@H](C2)[C@@H](c2ccc(C#C[C@H](C)O)cc2)[C@@H]3CO)c1. The molecule has 0 saturated carbocycles. The standard InChI is InChI=1S/C26H32N2O4S/c1-19-6-5-7-23(16-19)33(31,32)27-14-3-4-15-28-24(17-27)26(25(28)18-29)22-12-10-21(11-13-22)9-8-20(2)30/h5-7,10-13,16,20,24-26,29-30H,3-4,14-15,17-18H2,1-2H3/t20-,24+,25-,26+/m0/s1. The van der Waals surface area contributed by atoms with Crippen molar-refractivity contribution in [3.8, 4) is 11.8 Å². The molecule has 0 radical (unpaired) electrons. The molecule has 176 valence electrons. The van der Waals surface area contributed by atoms with Crippen molar-refractivity contribution in [1.82, 2.24) is 9.21 Å². The summed E-state index contributed by atoms with van der Waals surface area (Å²) in [5.74, 6) is 5.74. The van der Waals surface area contributed by atoms with Crippen molar-refractivity contribution in [2.24, 2.45) is 0 Å². The van der Waals surface area contributed by atoms with Crippen LogP contribution in [0.15, 0.2) is 53.4 Å². The second kappa shape index (κ2) is 9.96. The Morgan fingerprint density at radius 3 is 2.52 bits per heavy atom. The van der Waals surface area contributed by atoms with E-state index < -0.39 is 16.1 Å². The molecule has 6 nitrogen and oxygen atoms in total. The van der Waals surface area contributed by atoms with Gasteiger partial charge in [-0.15, -0.1) is 0 Å². The highest BCUT2D eigenvalue weighted by atomic mass is 32.2. The number of benzene rings is 2. The van der Waals surface area contributed by atoms with E-state index in [0.717, 1.165) is 36.1 Å². The predicted molar refractivity (Wildman–Crippen MR) is 128 cm³/mol. The Morgan fingerprint density at radius 1 is 1.12 bits per heavy atom. The Hall–Kier alpha value is -2.21. The van der Waals surface area contributed by atoms with Crippen molar-refractivity contribution >= 4 is 10.0 Å². The topological polar surface area (TPSA) is 81.1 Å². The minimum absolute atomic E-state index is 0.0106. The zero-order valence-electron chi connectivity index (χ0n) is 19.2. The van der Waals surface area contributed by atoms with Crippen LogP contribution >= 0.6 is 0 Å². The molecule has 4 rings (SSSR count). The summed E-state index contributed by atoms with van der Waals surface area (Å²) in [7, 11) is -3.60. The van der Waals surface area contributed by atoms with Gasteiger partial charge in [-0.1, -0.05) is 36.1 Å². The Morgan fingerprint density at radius 2 is 1.85 bits per heavy atom. The number of aliphatic hydroxyl groups excluding tert-OH is 2. The van der Waals surface area contributed by atoms with Crippen molar-refractivity contribution < 1.29 is 18.6 Å². The van der Waals surface area contributed by atoms with E-state index >= 15 is 0 Å². The van der Waals surface area contributed by atoms with E-state index in [2.05, 4.69) is 16.7 Å². The lowest BCUT2D eigenvalue weighted by molar-refractivity contribution is -0.0553. The molecule has 4 atom stereocenters. The van der Waals surface area contributed by atoms with Gasteiger partial charge in [0, 0.05) is 36.7 Å². The zero-order valence-corrected chi connectivity index (χ0v) is 20.0. The maximum Gasteiger partial charge on any atom is 0.243 e. The van der Waals surface area contributed by atoms with Gasteiger partial charge < -0.3 is 10.2 Å². The summed E-state index contributed by atoms with van der Waals surface area (Å²) in [5, 5.41) is 19.5. The fourth-order valence-corrected chi connectivity index (χ4v) is 6.63. The first-order chi connectivity index (χ1) is 15.8. The number of aryl methyl sites for hydroxylation is 1. The molecule has 2 heterocycles. The number of aliphatic hydroxyl groups is 2. The lowest BCUT2D eigenvalue weighted by Gasteiger charge is -2.57. The average molecular weight is 469 g/mol. The highest BCUT2D eigenvalue weighted by Gasteiger charge is 2.50. The Bertz CT molecular complexity index is 1130. The van der Waals surface area contributed by atoms with E-state index in [1.807, 2.05) is 37.3 Å². The lowest BCUT2D eigenvalue weighted by Crippen LogP contribution is -2.67. The zero-order chi connectivity index (χ0) is 23.6. The van der Waals surface area contributed by atoms with Crippen molar-refractivity contribution in [2.45, 2.75) is 55.7 Å². The van der Waals surface area contributed by atoms with Crippen LogP contribution in [0.3, 0.4) is 0 Å². The predicted octanol–water partition coefficient (Wildman–Crippen LogP) is 2.34. The third kappa shape index (κ3) is 5.01. The summed E-state index contributed by atoms with van der Waals surface area (Å²) >= 11 is 0. The number of sulfonamides is 1. The largest absolute Gasteiger partial charge is 0.395 e. The molecule has 0 aromatic heterocycles. The monoisotopic (exact) mass is 468 g/mol. The van der Waals surface area contributed by atoms with Crippen LogP contribution < -0.4 is 0 Å². The molecule has 2 fully saturated rings. The summed E-state index contributed by atoms with van der Waals surface area (Å²) in [6, 6.07) is 14.9. The fourth-order valence-electron chi connectivity index (χ4n) is 5.03. The van der Waals surface area contributed by atoms with Crippen molar-refractivity contribution in [1.29, 1.82) is 0 Å². The van der Waals surface area contributed by atoms with Crippen LogP contribution in [0.1, 0.15) is 42.4 Å². The quantitative estimate of drug-likeness (QED) is 0.674. The van der Waals surface area contributed by atoms with Gasteiger partial charge in [-0.3, -0.25) is 4.90 Å². The average Bonchev–Trinajstić information content (AvgIpc) is 2.77. The maximum atomic E-state index is 13.5. The molecule has 0 amide bonds. The molecule has 2 saturated heterocycles. The Balaban J connectivity index is 1.61. The van der Waals surface area contributed by atoms with Crippen LogP contribution in [-0.4, -0.2) is 72.3 Å². The normalized spacial score (nSPS) is 25.0. The van der Waals surface area contributed by atoms with Gasteiger partial charge in [0.25, 0.3) is 0 Å². The molecular formula is C26H32N2O4S. The Kier molecular flexibility index (Phi) is 7.22. The number of fused-ring (bicyclic) bond motifs is 1. The minimum Gasteiger partial charge on any atom is -0.395 e. The van der Waals surface area contributed by atoms with Crippen LogP contribution in [0.2, 0.25) is 0 Å². The Labute approximate surface area is 196 Å². The molecule has 7 heteroatoms. The maximum absolute atomic E-state index is 13.5. The number of hydrogen-bond acceptors (Lipinski definition) is 5. The molecule has 2 N–H and O–H groups in total. The molecular weight excluding hydrogens is 436 g/mol. The van der Waals surface area contributed by atoms with Gasteiger partial charge in [-0.25, -0.2) is 8.42 Å². The van der Waals surface area contributed by atoms with Gasteiger partial charge in [-0.05, 0) is 68.6 Å². The number of nitrogens with zero attached hydrogens (tertiary/aromatic N) is 2. The van der Waals surface area contributed by atoms with E-state index in [9.17, 15) is 18.6 Å². The second-order valence-corrected chi connectivity index (χ2v) is 11.0. The highest BCUT2D eigenvalue weighted by Crippen LogP contribution is 2.42. The van der Waals surface area contributed by atoms with E-state index in [1.165, 1.54) is 0 Å². The van der Waals surface area contributed by atoms with Crippen molar-refractivity contribution in [2.75, 3.05) is 26.2 Å². The van der Waals surface area contributed by atoms with Gasteiger partial charge in [0.2, 0.25) is 10.0 Å². The minimum atomic E-state index is -3.60. The van der Waals surface area contributed by atoms with Crippen LogP contribution in [0, 0.1) is 18.8 Å². The van der Waals surface area contributed by atoms with Crippen molar-refractivity contribution in [3.63, 3.8) is 0 Å². The molecule has 0 aliphatic carbocycles. The molecule has 2 aromatic carbocycles. The number of rotatable bonds is 4. The lowest BCUT2D eigenvalue weighted by atomic mass is 9.74. The van der Waals surface area contributed by atoms with Gasteiger partial charge in [-0.2, -0.15) is 4.31 Å². The molecule has 0 unspecified atom stereocenters. The summed E-state index contributed by atoms with van der Waals surface area (Å²) in [4.78, 5) is 2.61. The summed E-state index contributed by atoms with van der Waals surface area (Å²) in [5.41, 5.74) is 2.81. The van der Waals surface area contributed by atoms with E-state index in [-0.39, 0.29) is 24.6 Å². The van der Waals surface area contributed by atoms with E-state index in [1.54, 1.807) is 29.4 Å². The molecule has 33 heavy (non-hydrogen) atoms. The first-order valence-corrected chi connectivity index (χ1v) is 13.0. The summed E-state index contributed by atoms with van der Waals surface area (Å²) in [6.45, 7) is 5.34. The first kappa shape index (κ1) is 23.9. The highest BCUT2D eigenvalue weighted by molar-refractivity contribution is 7.89. The molecule has 0 spiro atoms. The first-order valence-electron chi connectivity index (χ1n) is 11.5. The van der Waals surface area contributed by atoms with Crippen LogP contribution in [0.5, 0.6) is 0 Å². The van der Waals surface area contributed by atoms with E-state index in [0.29, 0.717) is 18.0 Å². The van der Waals surface area contributed by atoms with Gasteiger partial charge >= 0.3 is 0 Å². The third-order valence-electron chi connectivity index (χ3n) is 6.68. The molecule has 2 aliphatic rings. The number of hydrogen-bond donors (Lipinski definition) is 2. The second-order valence-electron chi connectivity index (χ2n) is 9.03. The molecule has 0 bridgehead atoms. The summed E-state index contributed by atoms with van der Waals surface area (Å²) < 4.78 is 28.6. The fraction of sp³-hybridized carbons (Fsp3) is 0.462. The van der Waals surface area contributed by atoms with Gasteiger partial charge in [0.05, 0.1) is 11.5 Å². The van der Waals surface area contributed by atoms with Crippen LogP contribution in [0.25, 0.3) is 0 Å².